The van der Waals surface area contributed by atoms with Crippen LogP contribution in [0.5, 0.6) is 5.88 Å². The van der Waals surface area contributed by atoms with Crippen molar-refractivity contribution in [3.05, 3.63) is 17.0 Å². The fraction of sp³-hybridized carbons (Fsp3) is 0.500. The zero-order chi connectivity index (χ0) is 9.68. The summed E-state index contributed by atoms with van der Waals surface area (Å²) in [5, 5.41) is 0.419. The number of ether oxygens (including phenoxy) is 2. The van der Waals surface area contributed by atoms with Crippen molar-refractivity contribution in [2.75, 3.05) is 20.3 Å². The molecule has 1 aromatic rings. The van der Waals surface area contributed by atoms with Crippen LogP contribution in [0.15, 0.2) is 6.33 Å². The molecule has 1 aromatic heterocycles. The Morgan fingerprint density at radius 1 is 1.38 bits per heavy atom. The number of nitrogens with zero attached hydrogens (tertiary/aromatic N) is 2. The summed E-state index contributed by atoms with van der Waals surface area (Å²) in [6, 6.07) is 0. The maximum atomic E-state index is 5.76. The van der Waals surface area contributed by atoms with Crippen molar-refractivity contribution in [2.24, 2.45) is 0 Å². The van der Waals surface area contributed by atoms with Gasteiger partial charge in [0.2, 0.25) is 5.88 Å². The first-order chi connectivity index (χ1) is 6.25. The van der Waals surface area contributed by atoms with Crippen LogP contribution in [0.25, 0.3) is 0 Å². The van der Waals surface area contributed by atoms with Gasteiger partial charge in [-0.3, -0.25) is 0 Å². The summed E-state index contributed by atoms with van der Waals surface area (Å²) in [7, 11) is 1.61. The molecule has 0 atom stereocenters. The summed E-state index contributed by atoms with van der Waals surface area (Å²) in [4.78, 5) is 7.75. The molecule has 0 amide bonds. The SMILES string of the molecule is COCCOc1ncnc(Cl)c1C. The molecule has 4 nitrogen and oxygen atoms in total. The topological polar surface area (TPSA) is 44.2 Å². The minimum atomic E-state index is 0.419. The average molecular weight is 203 g/mol. The van der Waals surface area contributed by atoms with Crippen LogP contribution >= 0.6 is 11.6 Å². The zero-order valence-corrected chi connectivity index (χ0v) is 8.34. The molecular formula is C8H11ClN2O2. The van der Waals surface area contributed by atoms with Crippen LogP contribution < -0.4 is 4.74 Å². The molecule has 0 N–H and O–H groups in total. The number of hydrogen-bond acceptors (Lipinski definition) is 4. The van der Waals surface area contributed by atoms with Gasteiger partial charge < -0.3 is 9.47 Å². The van der Waals surface area contributed by atoms with Gasteiger partial charge in [-0.05, 0) is 6.92 Å². The highest BCUT2D eigenvalue weighted by atomic mass is 35.5. The molecule has 0 unspecified atom stereocenters. The minimum absolute atomic E-state index is 0.419. The normalized spacial score (nSPS) is 10.1. The monoisotopic (exact) mass is 202 g/mol. The fourth-order valence-corrected chi connectivity index (χ4v) is 0.906. The number of hydrogen-bond donors (Lipinski definition) is 0. The van der Waals surface area contributed by atoms with Gasteiger partial charge in [-0.2, -0.15) is 0 Å². The van der Waals surface area contributed by atoms with Crippen LogP contribution in [0.4, 0.5) is 0 Å². The first-order valence-corrected chi connectivity index (χ1v) is 4.22. The van der Waals surface area contributed by atoms with E-state index >= 15 is 0 Å². The highest BCUT2D eigenvalue weighted by Gasteiger charge is 2.04. The molecule has 0 aliphatic rings. The van der Waals surface area contributed by atoms with E-state index in [0.29, 0.717) is 24.2 Å². The predicted molar refractivity (Wildman–Crippen MR) is 49.2 cm³/mol. The summed E-state index contributed by atoms with van der Waals surface area (Å²) < 4.78 is 10.1. The lowest BCUT2D eigenvalue weighted by molar-refractivity contribution is 0.143. The second-order valence-electron chi connectivity index (χ2n) is 2.44. The summed E-state index contributed by atoms with van der Waals surface area (Å²) >= 11 is 5.76. The molecule has 0 fully saturated rings. The molecule has 0 saturated heterocycles. The minimum Gasteiger partial charge on any atom is -0.475 e. The van der Waals surface area contributed by atoms with E-state index in [2.05, 4.69) is 9.97 Å². The van der Waals surface area contributed by atoms with Gasteiger partial charge in [0.25, 0.3) is 0 Å². The molecule has 0 saturated carbocycles. The van der Waals surface area contributed by atoms with Crippen molar-refractivity contribution >= 4 is 11.6 Å². The van der Waals surface area contributed by atoms with Crippen molar-refractivity contribution in [3.63, 3.8) is 0 Å². The van der Waals surface area contributed by atoms with Crippen LogP contribution in [0.2, 0.25) is 5.15 Å². The lowest BCUT2D eigenvalue weighted by Gasteiger charge is -2.06. The molecule has 0 aliphatic carbocycles. The van der Waals surface area contributed by atoms with Gasteiger partial charge in [-0.15, -0.1) is 0 Å². The third-order valence-corrected chi connectivity index (χ3v) is 1.88. The Balaban J connectivity index is 2.61. The van der Waals surface area contributed by atoms with Crippen LogP contribution in [0.1, 0.15) is 5.56 Å². The number of halogens is 1. The maximum Gasteiger partial charge on any atom is 0.220 e. The lowest BCUT2D eigenvalue weighted by Crippen LogP contribution is -2.06. The van der Waals surface area contributed by atoms with Crippen LogP contribution in [0, 0.1) is 6.92 Å². The molecule has 0 radical (unpaired) electrons. The van der Waals surface area contributed by atoms with Crippen LogP contribution in [0.3, 0.4) is 0 Å². The van der Waals surface area contributed by atoms with E-state index in [4.69, 9.17) is 21.1 Å². The molecule has 0 aromatic carbocycles. The Hall–Kier alpha value is -0.870. The molecule has 5 heteroatoms. The Bertz CT molecular complexity index is 281. The first kappa shape index (κ1) is 10.2. The van der Waals surface area contributed by atoms with E-state index in [1.807, 2.05) is 6.92 Å². The number of methoxy groups -OCH3 is 1. The maximum absolute atomic E-state index is 5.76. The molecule has 1 rings (SSSR count). The Labute approximate surface area is 81.9 Å². The summed E-state index contributed by atoms with van der Waals surface area (Å²) in [6.07, 6.45) is 1.37. The van der Waals surface area contributed by atoms with Crippen molar-refractivity contribution in [3.8, 4) is 5.88 Å². The van der Waals surface area contributed by atoms with Crippen molar-refractivity contribution in [1.82, 2.24) is 9.97 Å². The summed E-state index contributed by atoms with van der Waals surface area (Å²) in [6.45, 7) is 2.80. The van der Waals surface area contributed by atoms with E-state index < -0.39 is 0 Å². The molecule has 13 heavy (non-hydrogen) atoms. The van der Waals surface area contributed by atoms with E-state index in [0.717, 1.165) is 5.56 Å². The van der Waals surface area contributed by atoms with Gasteiger partial charge in [0.15, 0.2) is 0 Å². The van der Waals surface area contributed by atoms with E-state index in [-0.39, 0.29) is 0 Å². The van der Waals surface area contributed by atoms with E-state index in [1.165, 1.54) is 6.33 Å². The molecule has 0 spiro atoms. The fourth-order valence-electron chi connectivity index (χ4n) is 0.781. The van der Waals surface area contributed by atoms with Crippen molar-refractivity contribution < 1.29 is 9.47 Å². The molecule has 72 valence electrons. The summed E-state index contributed by atoms with van der Waals surface area (Å²) in [5.41, 5.74) is 0.750. The quantitative estimate of drug-likeness (QED) is 0.548. The van der Waals surface area contributed by atoms with Crippen LogP contribution in [-0.4, -0.2) is 30.3 Å². The Morgan fingerprint density at radius 3 is 2.85 bits per heavy atom. The van der Waals surface area contributed by atoms with E-state index in [9.17, 15) is 0 Å². The van der Waals surface area contributed by atoms with Gasteiger partial charge in [0.1, 0.15) is 18.1 Å². The third-order valence-electron chi connectivity index (χ3n) is 1.50. The smallest absolute Gasteiger partial charge is 0.220 e. The lowest BCUT2D eigenvalue weighted by atomic mass is 10.4. The van der Waals surface area contributed by atoms with Gasteiger partial charge in [-0.25, -0.2) is 9.97 Å². The molecule has 0 bridgehead atoms. The second-order valence-corrected chi connectivity index (χ2v) is 2.79. The average Bonchev–Trinajstić information content (AvgIpc) is 2.13. The molecule has 1 heterocycles. The first-order valence-electron chi connectivity index (χ1n) is 3.84. The van der Waals surface area contributed by atoms with E-state index in [1.54, 1.807) is 7.11 Å². The highest BCUT2D eigenvalue weighted by Crippen LogP contribution is 2.19. The van der Waals surface area contributed by atoms with Crippen LogP contribution in [-0.2, 0) is 4.74 Å². The number of rotatable bonds is 4. The van der Waals surface area contributed by atoms with Gasteiger partial charge >= 0.3 is 0 Å². The van der Waals surface area contributed by atoms with Gasteiger partial charge in [0.05, 0.1) is 6.61 Å². The molecular weight excluding hydrogens is 192 g/mol. The standard InChI is InChI=1S/C8H11ClN2O2/c1-6-7(9)10-5-11-8(6)13-4-3-12-2/h5H,3-4H2,1-2H3. The third kappa shape index (κ3) is 2.82. The van der Waals surface area contributed by atoms with Gasteiger partial charge in [0, 0.05) is 12.7 Å². The largest absolute Gasteiger partial charge is 0.475 e. The summed E-state index contributed by atoms with van der Waals surface area (Å²) in [5.74, 6) is 0.511. The number of aromatic nitrogens is 2. The molecule has 0 aliphatic heterocycles. The zero-order valence-electron chi connectivity index (χ0n) is 7.58. The van der Waals surface area contributed by atoms with Crippen molar-refractivity contribution in [1.29, 1.82) is 0 Å². The highest BCUT2D eigenvalue weighted by molar-refractivity contribution is 6.30. The Morgan fingerprint density at radius 2 is 2.15 bits per heavy atom. The second kappa shape index (κ2) is 4.99. The predicted octanol–water partition coefficient (Wildman–Crippen LogP) is 1.46. The Kier molecular flexibility index (Phi) is 3.92. The van der Waals surface area contributed by atoms with Gasteiger partial charge in [-0.1, -0.05) is 11.6 Å². The van der Waals surface area contributed by atoms with Crippen molar-refractivity contribution in [2.45, 2.75) is 6.92 Å².